The summed E-state index contributed by atoms with van der Waals surface area (Å²) in [6.45, 7) is 8.65. The summed E-state index contributed by atoms with van der Waals surface area (Å²) in [7, 11) is 0. The van der Waals surface area contributed by atoms with Gasteiger partial charge in [-0.05, 0) is 35.4 Å². The summed E-state index contributed by atoms with van der Waals surface area (Å²) in [5.41, 5.74) is 2.38. The maximum Gasteiger partial charge on any atom is 0.119 e. The van der Waals surface area contributed by atoms with Gasteiger partial charge in [-0.2, -0.15) is 0 Å². The molecule has 1 nitrogen and oxygen atoms in total. The summed E-state index contributed by atoms with van der Waals surface area (Å²) in [5.74, 6) is 0.455. The van der Waals surface area contributed by atoms with Crippen molar-refractivity contribution >= 4 is 0 Å². The van der Waals surface area contributed by atoms with Crippen LogP contribution in [0.25, 0.3) is 0 Å². The van der Waals surface area contributed by atoms with Crippen molar-refractivity contribution < 1.29 is 5.11 Å². The Labute approximate surface area is 93.1 Å². The van der Waals surface area contributed by atoms with Crippen molar-refractivity contribution in [1.29, 1.82) is 0 Å². The van der Waals surface area contributed by atoms with Crippen LogP contribution < -0.4 is 0 Å². The van der Waals surface area contributed by atoms with Crippen molar-refractivity contribution in [3.05, 3.63) is 29.3 Å². The van der Waals surface area contributed by atoms with E-state index in [2.05, 4.69) is 39.8 Å². The molecule has 0 bridgehead atoms. The third-order valence-corrected chi connectivity index (χ3v) is 2.75. The first-order valence-corrected chi connectivity index (χ1v) is 5.77. The van der Waals surface area contributed by atoms with E-state index in [1.165, 1.54) is 12.0 Å². The van der Waals surface area contributed by atoms with E-state index in [0.717, 1.165) is 18.4 Å². The fourth-order valence-corrected chi connectivity index (χ4v) is 1.61. The minimum absolute atomic E-state index is 0.112. The second-order valence-corrected chi connectivity index (χ2v) is 5.20. The van der Waals surface area contributed by atoms with E-state index in [9.17, 15) is 5.11 Å². The summed E-state index contributed by atoms with van der Waals surface area (Å²) >= 11 is 0. The number of hydrogen-bond acceptors (Lipinski definition) is 1. The van der Waals surface area contributed by atoms with Crippen LogP contribution in [0.5, 0.6) is 5.75 Å². The highest BCUT2D eigenvalue weighted by molar-refractivity contribution is 5.39. The molecule has 0 heterocycles. The summed E-state index contributed by atoms with van der Waals surface area (Å²) in [6.07, 6.45) is 3.29. The number of aromatic hydroxyl groups is 1. The summed E-state index contributed by atoms with van der Waals surface area (Å²) in [5, 5.41) is 9.88. The molecule has 0 aliphatic rings. The number of rotatable bonds is 3. The van der Waals surface area contributed by atoms with Crippen molar-refractivity contribution in [2.75, 3.05) is 0 Å². The first-order chi connectivity index (χ1) is 6.95. The molecule has 0 atom stereocenters. The van der Waals surface area contributed by atoms with Crippen LogP contribution in [0.4, 0.5) is 0 Å². The number of benzene rings is 1. The van der Waals surface area contributed by atoms with Crippen molar-refractivity contribution in [2.45, 2.75) is 52.4 Å². The molecule has 0 aliphatic heterocycles. The van der Waals surface area contributed by atoms with Crippen molar-refractivity contribution in [1.82, 2.24) is 0 Å². The average Bonchev–Trinajstić information content (AvgIpc) is 2.14. The summed E-state index contributed by atoms with van der Waals surface area (Å²) < 4.78 is 0. The Morgan fingerprint density at radius 2 is 1.87 bits per heavy atom. The third kappa shape index (κ3) is 3.26. The molecule has 0 amide bonds. The Bertz CT molecular complexity index is 321. The number of phenolic OH excluding ortho intramolecular Hbond substituents is 1. The Morgan fingerprint density at radius 1 is 1.20 bits per heavy atom. The van der Waals surface area contributed by atoms with Gasteiger partial charge in [-0.1, -0.05) is 46.2 Å². The van der Waals surface area contributed by atoms with E-state index in [1.54, 1.807) is 0 Å². The molecule has 0 spiro atoms. The van der Waals surface area contributed by atoms with Crippen LogP contribution in [-0.4, -0.2) is 5.11 Å². The van der Waals surface area contributed by atoms with Crippen LogP contribution in [0.1, 0.15) is 51.7 Å². The van der Waals surface area contributed by atoms with Gasteiger partial charge in [-0.3, -0.25) is 0 Å². The molecule has 0 fully saturated rings. The zero-order valence-corrected chi connectivity index (χ0v) is 10.3. The van der Waals surface area contributed by atoms with Crippen molar-refractivity contribution in [3.8, 4) is 5.75 Å². The monoisotopic (exact) mass is 206 g/mol. The molecule has 0 aromatic heterocycles. The molecule has 0 unspecified atom stereocenters. The van der Waals surface area contributed by atoms with Crippen LogP contribution in [0.2, 0.25) is 0 Å². The molecule has 1 aromatic rings. The van der Waals surface area contributed by atoms with Crippen LogP contribution in [0.3, 0.4) is 0 Å². The second-order valence-electron chi connectivity index (χ2n) is 5.20. The van der Waals surface area contributed by atoms with Crippen LogP contribution in [-0.2, 0) is 11.8 Å². The second kappa shape index (κ2) is 4.69. The molecule has 15 heavy (non-hydrogen) atoms. The minimum atomic E-state index is 0.112. The molecular weight excluding hydrogens is 184 g/mol. The maximum atomic E-state index is 9.88. The Hall–Kier alpha value is -0.980. The number of phenols is 1. The maximum absolute atomic E-state index is 9.88. The number of unbranched alkanes of at least 4 members (excludes halogenated alkanes) is 1. The Balaban J connectivity index is 2.88. The van der Waals surface area contributed by atoms with Crippen molar-refractivity contribution in [2.24, 2.45) is 0 Å². The van der Waals surface area contributed by atoms with E-state index in [-0.39, 0.29) is 5.41 Å². The molecule has 0 radical (unpaired) electrons. The quantitative estimate of drug-likeness (QED) is 0.791. The van der Waals surface area contributed by atoms with Gasteiger partial charge < -0.3 is 5.11 Å². The predicted octanol–water partition coefficient (Wildman–Crippen LogP) is 4.03. The van der Waals surface area contributed by atoms with E-state index in [1.807, 2.05) is 6.07 Å². The van der Waals surface area contributed by atoms with Gasteiger partial charge in [0.1, 0.15) is 5.75 Å². The van der Waals surface area contributed by atoms with E-state index in [4.69, 9.17) is 0 Å². The van der Waals surface area contributed by atoms with Gasteiger partial charge in [0, 0.05) is 0 Å². The molecule has 0 saturated heterocycles. The molecule has 1 heteroatoms. The standard InChI is InChI=1S/C14H22O/c1-5-6-7-11-8-9-12(10-13(11)15)14(2,3)4/h8-10,15H,5-7H2,1-4H3. The lowest BCUT2D eigenvalue weighted by atomic mass is 9.86. The lowest BCUT2D eigenvalue weighted by Crippen LogP contribution is -2.10. The Morgan fingerprint density at radius 3 is 2.33 bits per heavy atom. The normalized spacial score (nSPS) is 11.7. The summed E-state index contributed by atoms with van der Waals surface area (Å²) in [4.78, 5) is 0. The highest BCUT2D eigenvalue weighted by Gasteiger charge is 2.14. The SMILES string of the molecule is CCCCc1ccc(C(C)(C)C)cc1O. The molecule has 84 valence electrons. The van der Waals surface area contributed by atoms with Crippen LogP contribution >= 0.6 is 0 Å². The molecule has 1 aromatic carbocycles. The lowest BCUT2D eigenvalue weighted by molar-refractivity contribution is 0.462. The van der Waals surface area contributed by atoms with Gasteiger partial charge >= 0.3 is 0 Å². The minimum Gasteiger partial charge on any atom is -0.508 e. The third-order valence-electron chi connectivity index (χ3n) is 2.75. The fourth-order valence-electron chi connectivity index (χ4n) is 1.61. The molecule has 1 rings (SSSR count). The van der Waals surface area contributed by atoms with Gasteiger partial charge in [0.25, 0.3) is 0 Å². The smallest absolute Gasteiger partial charge is 0.119 e. The topological polar surface area (TPSA) is 20.2 Å². The predicted molar refractivity (Wildman–Crippen MR) is 65.4 cm³/mol. The zero-order chi connectivity index (χ0) is 11.5. The van der Waals surface area contributed by atoms with Gasteiger partial charge in [0.2, 0.25) is 0 Å². The van der Waals surface area contributed by atoms with Gasteiger partial charge in [-0.15, -0.1) is 0 Å². The molecule has 0 aliphatic carbocycles. The molecular formula is C14H22O. The molecule has 0 saturated carbocycles. The molecule has 1 N–H and O–H groups in total. The highest BCUT2D eigenvalue weighted by Crippen LogP contribution is 2.28. The van der Waals surface area contributed by atoms with Gasteiger partial charge in [0.15, 0.2) is 0 Å². The zero-order valence-electron chi connectivity index (χ0n) is 10.3. The summed E-state index contributed by atoms with van der Waals surface area (Å²) in [6, 6.07) is 6.10. The largest absolute Gasteiger partial charge is 0.508 e. The lowest BCUT2D eigenvalue weighted by Gasteiger charge is -2.20. The van der Waals surface area contributed by atoms with Crippen LogP contribution in [0.15, 0.2) is 18.2 Å². The van der Waals surface area contributed by atoms with Gasteiger partial charge in [-0.25, -0.2) is 0 Å². The van der Waals surface area contributed by atoms with E-state index in [0.29, 0.717) is 5.75 Å². The van der Waals surface area contributed by atoms with E-state index >= 15 is 0 Å². The first kappa shape index (κ1) is 12.1. The average molecular weight is 206 g/mol. The van der Waals surface area contributed by atoms with Crippen molar-refractivity contribution in [3.63, 3.8) is 0 Å². The fraction of sp³-hybridized carbons (Fsp3) is 0.571. The number of hydrogen-bond donors (Lipinski definition) is 1. The first-order valence-electron chi connectivity index (χ1n) is 5.77. The van der Waals surface area contributed by atoms with Gasteiger partial charge in [0.05, 0.1) is 0 Å². The highest BCUT2D eigenvalue weighted by atomic mass is 16.3. The van der Waals surface area contributed by atoms with E-state index < -0.39 is 0 Å². The Kier molecular flexibility index (Phi) is 3.78. The van der Waals surface area contributed by atoms with Crippen LogP contribution in [0, 0.1) is 0 Å². The number of aryl methyl sites for hydroxylation is 1.